The van der Waals surface area contributed by atoms with E-state index in [1.807, 2.05) is 36.4 Å². The molecule has 1 unspecified atom stereocenters. The van der Waals surface area contributed by atoms with Crippen LogP contribution < -0.4 is 14.8 Å². The van der Waals surface area contributed by atoms with Gasteiger partial charge in [0.2, 0.25) is 12.7 Å². The molecule has 1 saturated heterocycles. The summed E-state index contributed by atoms with van der Waals surface area (Å²) in [5.41, 5.74) is 3.45. The van der Waals surface area contributed by atoms with Gasteiger partial charge in [0.25, 0.3) is 0 Å². The Kier molecular flexibility index (Phi) is 6.37. The van der Waals surface area contributed by atoms with Crippen molar-refractivity contribution in [2.45, 2.75) is 36.0 Å². The number of rotatable bonds is 7. The van der Waals surface area contributed by atoms with Gasteiger partial charge in [0.15, 0.2) is 11.5 Å². The van der Waals surface area contributed by atoms with Crippen LogP contribution in [0.25, 0.3) is 11.1 Å². The number of piperidine rings is 1. The maximum atomic E-state index is 13.3. The van der Waals surface area contributed by atoms with Crippen LogP contribution in [0, 0.1) is 5.92 Å². The number of nitrogens with zero attached hydrogens (tertiary/aromatic N) is 1. The standard InChI is InChI=1S/C29H30N2O4S/c32-18-20-3-2-14-31(17-20)36-25-9-6-21(7-10-25)22-4-1-5-24(15-22)30-28(33)29(12-13-29)23-8-11-26-27(16-23)35-19-34-26/h1,4-11,15-16,20,32H,2-3,12-14,17-19H2,(H,30,33). The fourth-order valence-corrected chi connectivity index (χ4v) is 6.17. The van der Waals surface area contributed by atoms with Crippen molar-refractivity contribution in [2.24, 2.45) is 5.92 Å². The number of amides is 1. The molecule has 6 nitrogen and oxygen atoms in total. The SMILES string of the molecule is O=C(Nc1cccc(-c2ccc(SN3CCCC(CO)C3)cc2)c1)C1(c2ccc3c(c2)OCO3)CC1. The third-order valence-electron chi connectivity index (χ3n) is 7.39. The molecule has 2 fully saturated rings. The molecule has 0 aromatic heterocycles. The van der Waals surface area contributed by atoms with E-state index in [1.165, 1.54) is 4.90 Å². The van der Waals surface area contributed by atoms with Gasteiger partial charge in [-0.05, 0) is 96.6 Å². The second-order valence-corrected chi connectivity index (χ2v) is 11.0. The number of aliphatic hydroxyl groups is 1. The van der Waals surface area contributed by atoms with Gasteiger partial charge < -0.3 is 19.9 Å². The first-order valence-electron chi connectivity index (χ1n) is 12.6. The van der Waals surface area contributed by atoms with Crippen LogP contribution in [-0.4, -0.2) is 41.8 Å². The van der Waals surface area contributed by atoms with E-state index in [9.17, 15) is 9.90 Å². The van der Waals surface area contributed by atoms with Gasteiger partial charge in [0.1, 0.15) is 0 Å². The fraction of sp³-hybridized carbons (Fsp3) is 0.345. The molecule has 36 heavy (non-hydrogen) atoms. The number of anilines is 1. The topological polar surface area (TPSA) is 71.0 Å². The molecular formula is C29H30N2O4S. The van der Waals surface area contributed by atoms with Crippen molar-refractivity contribution in [3.8, 4) is 22.6 Å². The van der Waals surface area contributed by atoms with Crippen LogP contribution in [0.3, 0.4) is 0 Å². The largest absolute Gasteiger partial charge is 0.454 e. The average molecular weight is 503 g/mol. The molecule has 1 aliphatic carbocycles. The Balaban J connectivity index is 1.13. The molecule has 1 atom stereocenters. The first kappa shape index (κ1) is 23.4. The van der Waals surface area contributed by atoms with Crippen LogP contribution >= 0.6 is 11.9 Å². The van der Waals surface area contributed by atoms with E-state index >= 15 is 0 Å². The lowest BCUT2D eigenvalue weighted by atomic mass is 9.94. The zero-order valence-corrected chi connectivity index (χ0v) is 20.9. The molecule has 0 bridgehead atoms. The molecule has 1 amide bonds. The van der Waals surface area contributed by atoms with Crippen molar-refractivity contribution < 1.29 is 19.4 Å². The number of carbonyl (C=O) groups excluding carboxylic acids is 1. The Morgan fingerprint density at radius 3 is 2.67 bits per heavy atom. The minimum absolute atomic E-state index is 0.0213. The van der Waals surface area contributed by atoms with Crippen LogP contribution in [0.1, 0.15) is 31.2 Å². The molecule has 0 spiro atoms. The van der Waals surface area contributed by atoms with E-state index in [2.05, 4.69) is 40.0 Å². The summed E-state index contributed by atoms with van der Waals surface area (Å²) < 4.78 is 13.3. The summed E-state index contributed by atoms with van der Waals surface area (Å²) in [6.45, 7) is 2.48. The van der Waals surface area contributed by atoms with E-state index in [0.29, 0.717) is 11.7 Å². The minimum atomic E-state index is -0.501. The monoisotopic (exact) mass is 502 g/mol. The second-order valence-electron chi connectivity index (χ2n) is 9.88. The lowest BCUT2D eigenvalue weighted by Gasteiger charge is -2.30. The van der Waals surface area contributed by atoms with E-state index in [0.717, 1.165) is 66.9 Å². The third kappa shape index (κ3) is 4.71. The molecule has 2 N–H and O–H groups in total. The number of carbonyl (C=O) groups is 1. The van der Waals surface area contributed by atoms with Gasteiger partial charge >= 0.3 is 0 Å². The fourth-order valence-electron chi connectivity index (χ4n) is 5.11. The first-order chi connectivity index (χ1) is 17.6. The van der Waals surface area contributed by atoms with Crippen molar-refractivity contribution >= 4 is 23.5 Å². The number of fused-ring (bicyclic) bond motifs is 1. The Morgan fingerprint density at radius 2 is 1.86 bits per heavy atom. The predicted molar refractivity (Wildman–Crippen MR) is 141 cm³/mol. The maximum absolute atomic E-state index is 13.3. The highest BCUT2D eigenvalue weighted by Crippen LogP contribution is 2.51. The number of hydrogen-bond acceptors (Lipinski definition) is 6. The Hall–Kier alpha value is -3.00. The summed E-state index contributed by atoms with van der Waals surface area (Å²) in [6.07, 6.45) is 3.89. The quantitative estimate of drug-likeness (QED) is 0.418. The minimum Gasteiger partial charge on any atom is -0.454 e. The molecular weight excluding hydrogens is 472 g/mol. The van der Waals surface area contributed by atoms with Gasteiger partial charge in [0.05, 0.1) is 5.41 Å². The van der Waals surface area contributed by atoms with Crippen molar-refractivity contribution in [3.63, 3.8) is 0 Å². The van der Waals surface area contributed by atoms with Crippen LogP contribution in [0.5, 0.6) is 11.5 Å². The van der Waals surface area contributed by atoms with Crippen LogP contribution in [-0.2, 0) is 10.2 Å². The number of ether oxygens (including phenoxy) is 2. The van der Waals surface area contributed by atoms with Crippen molar-refractivity contribution in [3.05, 3.63) is 72.3 Å². The second kappa shape index (κ2) is 9.81. The molecule has 3 aromatic carbocycles. The first-order valence-corrected chi connectivity index (χ1v) is 13.4. The van der Waals surface area contributed by atoms with Crippen LogP contribution in [0.15, 0.2) is 71.6 Å². The van der Waals surface area contributed by atoms with Gasteiger partial charge in [-0.3, -0.25) is 4.79 Å². The number of nitrogens with one attached hydrogen (secondary N) is 1. The summed E-state index contributed by atoms with van der Waals surface area (Å²) in [5.74, 6) is 1.84. The lowest BCUT2D eigenvalue weighted by molar-refractivity contribution is -0.118. The zero-order valence-electron chi connectivity index (χ0n) is 20.1. The maximum Gasteiger partial charge on any atom is 0.235 e. The predicted octanol–water partition coefficient (Wildman–Crippen LogP) is 5.46. The van der Waals surface area contributed by atoms with Gasteiger partial charge in [-0.25, -0.2) is 4.31 Å². The summed E-state index contributed by atoms with van der Waals surface area (Å²) in [7, 11) is 0. The van der Waals surface area contributed by atoms with Crippen molar-refractivity contribution in [1.82, 2.24) is 4.31 Å². The molecule has 186 valence electrons. The lowest BCUT2D eigenvalue weighted by Crippen LogP contribution is -2.31. The zero-order chi connectivity index (χ0) is 24.5. The van der Waals surface area contributed by atoms with Crippen LogP contribution in [0.4, 0.5) is 5.69 Å². The summed E-state index contributed by atoms with van der Waals surface area (Å²) in [4.78, 5) is 14.5. The third-order valence-corrected chi connectivity index (χ3v) is 8.47. The van der Waals surface area contributed by atoms with Gasteiger partial charge in [0, 0.05) is 30.3 Å². The number of aliphatic hydroxyl groups excluding tert-OH is 1. The number of benzene rings is 3. The summed E-state index contributed by atoms with van der Waals surface area (Å²) in [5, 5.41) is 12.6. The molecule has 2 heterocycles. The Bertz CT molecular complexity index is 1260. The molecule has 1 saturated carbocycles. The Labute approximate surface area is 215 Å². The Morgan fingerprint density at radius 1 is 1.03 bits per heavy atom. The summed E-state index contributed by atoms with van der Waals surface area (Å²) in [6, 6.07) is 22.4. The smallest absolute Gasteiger partial charge is 0.235 e. The van der Waals surface area contributed by atoms with Gasteiger partial charge in [-0.2, -0.15) is 0 Å². The molecule has 3 aromatic rings. The molecule has 2 aliphatic heterocycles. The van der Waals surface area contributed by atoms with Crippen molar-refractivity contribution in [1.29, 1.82) is 0 Å². The van der Waals surface area contributed by atoms with E-state index in [-0.39, 0.29) is 19.3 Å². The molecule has 7 heteroatoms. The highest BCUT2D eigenvalue weighted by atomic mass is 32.2. The normalized spacial score (nSPS) is 20.2. The highest BCUT2D eigenvalue weighted by molar-refractivity contribution is 7.97. The molecule has 3 aliphatic rings. The van der Waals surface area contributed by atoms with Gasteiger partial charge in [-0.15, -0.1) is 0 Å². The van der Waals surface area contributed by atoms with Crippen molar-refractivity contribution in [2.75, 3.05) is 31.8 Å². The number of hydrogen-bond donors (Lipinski definition) is 2. The summed E-state index contributed by atoms with van der Waals surface area (Å²) >= 11 is 1.76. The van der Waals surface area contributed by atoms with Gasteiger partial charge in [-0.1, -0.05) is 30.3 Å². The molecule has 0 radical (unpaired) electrons. The van der Waals surface area contributed by atoms with E-state index < -0.39 is 5.41 Å². The highest BCUT2D eigenvalue weighted by Gasteiger charge is 2.51. The van der Waals surface area contributed by atoms with Crippen LogP contribution in [0.2, 0.25) is 0 Å². The van der Waals surface area contributed by atoms with E-state index in [4.69, 9.17) is 9.47 Å². The average Bonchev–Trinajstić information content (AvgIpc) is 3.60. The van der Waals surface area contributed by atoms with E-state index in [1.54, 1.807) is 11.9 Å². The molecule has 6 rings (SSSR count).